The van der Waals surface area contributed by atoms with Gasteiger partial charge < -0.3 is 4.57 Å². The molecule has 1 amide bonds. The normalized spacial score (nSPS) is 15.1. The van der Waals surface area contributed by atoms with E-state index in [1.807, 2.05) is 42.1 Å². The van der Waals surface area contributed by atoms with Crippen molar-refractivity contribution in [2.75, 3.05) is 5.43 Å². The average Bonchev–Trinajstić information content (AvgIpc) is 3.19. The lowest BCUT2D eigenvalue weighted by molar-refractivity contribution is -0.393. The SMILES string of the molecule is Cn1cc(C=C2SC(=S)N(Nc3ccc([N+](=O)[O-])cc3[N+](=O)[O-])C2=O)c2ccccc21. The minimum atomic E-state index is -0.765. The molecule has 3 aromatic rings. The number of hydrogen-bond donors (Lipinski definition) is 1. The Bertz CT molecular complexity index is 1320. The molecule has 2 aromatic carbocycles. The molecule has 1 aliphatic rings. The van der Waals surface area contributed by atoms with Gasteiger partial charge in [0.2, 0.25) is 0 Å². The zero-order valence-electron chi connectivity index (χ0n) is 15.8. The Morgan fingerprint density at radius 2 is 1.87 bits per heavy atom. The Balaban J connectivity index is 1.66. The number of anilines is 1. The molecule has 1 aliphatic heterocycles. The molecule has 156 valence electrons. The van der Waals surface area contributed by atoms with Crippen LogP contribution in [0.5, 0.6) is 0 Å². The zero-order chi connectivity index (χ0) is 22.3. The van der Waals surface area contributed by atoms with E-state index < -0.39 is 27.1 Å². The summed E-state index contributed by atoms with van der Waals surface area (Å²) < 4.78 is 2.10. The van der Waals surface area contributed by atoms with Gasteiger partial charge in [0, 0.05) is 35.8 Å². The van der Waals surface area contributed by atoms with Crippen LogP contribution in [-0.4, -0.2) is 29.7 Å². The first kappa shape index (κ1) is 20.5. The van der Waals surface area contributed by atoms with E-state index in [-0.39, 0.29) is 10.0 Å². The number of benzene rings is 2. The Morgan fingerprint density at radius 1 is 1.13 bits per heavy atom. The summed E-state index contributed by atoms with van der Waals surface area (Å²) in [6.07, 6.45) is 3.61. The van der Waals surface area contributed by atoms with E-state index in [1.54, 1.807) is 6.08 Å². The van der Waals surface area contributed by atoms with Gasteiger partial charge in [0.25, 0.3) is 11.6 Å². The summed E-state index contributed by atoms with van der Waals surface area (Å²) in [5.74, 6) is -0.476. The third-order valence-corrected chi connectivity index (χ3v) is 5.93. The number of carbonyl (C=O) groups is 1. The van der Waals surface area contributed by atoms with Crippen LogP contribution >= 0.6 is 24.0 Å². The number of nitrogens with zero attached hydrogens (tertiary/aromatic N) is 4. The maximum Gasteiger partial charge on any atom is 0.300 e. The monoisotopic (exact) mass is 455 g/mol. The first-order valence-electron chi connectivity index (χ1n) is 8.78. The van der Waals surface area contributed by atoms with Gasteiger partial charge in [-0.2, -0.15) is 0 Å². The molecule has 2 heterocycles. The van der Waals surface area contributed by atoms with Crippen LogP contribution in [0.2, 0.25) is 0 Å². The first-order chi connectivity index (χ1) is 14.8. The Hall–Kier alpha value is -3.77. The van der Waals surface area contributed by atoms with Gasteiger partial charge in [0.15, 0.2) is 4.32 Å². The highest BCUT2D eigenvalue weighted by atomic mass is 32.2. The van der Waals surface area contributed by atoms with E-state index in [9.17, 15) is 25.0 Å². The minimum absolute atomic E-state index is 0.0849. The summed E-state index contributed by atoms with van der Waals surface area (Å²) in [7, 11) is 1.90. The number of nitro groups is 2. The predicted molar refractivity (Wildman–Crippen MR) is 121 cm³/mol. The third-order valence-electron chi connectivity index (χ3n) is 4.63. The molecule has 0 spiro atoms. The van der Waals surface area contributed by atoms with E-state index in [4.69, 9.17) is 12.2 Å². The molecule has 1 saturated heterocycles. The fraction of sp³-hybridized carbons (Fsp3) is 0.0526. The van der Waals surface area contributed by atoms with Gasteiger partial charge in [-0.15, -0.1) is 0 Å². The number of carbonyl (C=O) groups excluding carboxylic acids is 1. The Kier molecular flexibility index (Phi) is 5.17. The summed E-state index contributed by atoms with van der Waals surface area (Å²) in [5.41, 5.74) is 3.41. The number of amides is 1. The van der Waals surface area contributed by atoms with Crippen LogP contribution in [-0.2, 0) is 11.8 Å². The lowest BCUT2D eigenvalue weighted by Gasteiger charge is -2.16. The Morgan fingerprint density at radius 3 is 2.58 bits per heavy atom. The van der Waals surface area contributed by atoms with Gasteiger partial charge in [0.1, 0.15) is 5.69 Å². The number of rotatable bonds is 5. The smallest absolute Gasteiger partial charge is 0.300 e. The molecule has 0 unspecified atom stereocenters. The van der Waals surface area contributed by atoms with Gasteiger partial charge in [-0.3, -0.25) is 30.4 Å². The fourth-order valence-corrected chi connectivity index (χ4v) is 4.36. The van der Waals surface area contributed by atoms with Crippen LogP contribution in [0.25, 0.3) is 17.0 Å². The molecule has 1 fully saturated rings. The van der Waals surface area contributed by atoms with E-state index in [1.165, 1.54) is 6.07 Å². The molecule has 0 atom stereocenters. The number of para-hydroxylation sites is 1. The molecule has 31 heavy (non-hydrogen) atoms. The van der Waals surface area contributed by atoms with E-state index >= 15 is 0 Å². The molecule has 0 aliphatic carbocycles. The summed E-state index contributed by atoms with van der Waals surface area (Å²) in [6, 6.07) is 10.8. The van der Waals surface area contributed by atoms with Crippen molar-refractivity contribution in [3.05, 3.63) is 79.4 Å². The molecule has 4 rings (SSSR count). The van der Waals surface area contributed by atoms with Crippen LogP contribution in [0, 0.1) is 20.2 Å². The highest BCUT2D eigenvalue weighted by Gasteiger charge is 2.34. The summed E-state index contributed by atoms with van der Waals surface area (Å²) in [4.78, 5) is 34.0. The van der Waals surface area contributed by atoms with Crippen molar-refractivity contribution in [1.82, 2.24) is 9.58 Å². The number of nitro benzene ring substituents is 2. The third kappa shape index (κ3) is 3.73. The lowest BCUT2D eigenvalue weighted by Crippen LogP contribution is -2.34. The average molecular weight is 455 g/mol. The lowest BCUT2D eigenvalue weighted by atomic mass is 10.1. The second-order valence-corrected chi connectivity index (χ2v) is 8.23. The molecule has 1 N–H and O–H groups in total. The highest BCUT2D eigenvalue weighted by molar-refractivity contribution is 8.26. The molecule has 0 bridgehead atoms. The molecular weight excluding hydrogens is 442 g/mol. The van der Waals surface area contributed by atoms with E-state index in [2.05, 4.69) is 5.43 Å². The summed E-state index contributed by atoms with van der Waals surface area (Å²) >= 11 is 6.32. The number of hydrazine groups is 1. The summed E-state index contributed by atoms with van der Waals surface area (Å²) in [6.45, 7) is 0. The van der Waals surface area contributed by atoms with Crippen LogP contribution in [0.4, 0.5) is 17.1 Å². The van der Waals surface area contributed by atoms with Gasteiger partial charge in [-0.25, -0.2) is 5.01 Å². The number of nitrogens with one attached hydrogen (secondary N) is 1. The number of fused-ring (bicyclic) bond motifs is 1. The number of thioether (sulfide) groups is 1. The standard InChI is InChI=1S/C19H13N5O5S2/c1-21-10-11(13-4-2-3-5-15(13)21)8-17-18(25)22(19(30)31-17)20-14-7-6-12(23(26)27)9-16(14)24(28)29/h2-10,20H,1H3. The number of aryl methyl sites for hydroxylation is 1. The number of hydrogen-bond acceptors (Lipinski definition) is 8. The van der Waals surface area contributed by atoms with Crippen LogP contribution in [0.3, 0.4) is 0 Å². The first-order valence-corrected chi connectivity index (χ1v) is 10.0. The zero-order valence-corrected chi connectivity index (χ0v) is 17.5. The minimum Gasteiger partial charge on any atom is -0.350 e. The molecule has 12 heteroatoms. The second kappa shape index (κ2) is 7.81. The quantitative estimate of drug-likeness (QED) is 0.262. The predicted octanol–water partition coefficient (Wildman–Crippen LogP) is 4.22. The highest BCUT2D eigenvalue weighted by Crippen LogP contribution is 2.36. The van der Waals surface area contributed by atoms with Crippen LogP contribution in [0.1, 0.15) is 5.56 Å². The van der Waals surface area contributed by atoms with Gasteiger partial charge in [-0.1, -0.05) is 30.0 Å². The second-order valence-electron chi connectivity index (χ2n) is 6.56. The maximum atomic E-state index is 12.9. The van der Waals surface area contributed by atoms with Crippen molar-refractivity contribution in [1.29, 1.82) is 0 Å². The van der Waals surface area contributed by atoms with Crippen molar-refractivity contribution < 1.29 is 14.6 Å². The molecule has 0 saturated carbocycles. The van der Waals surface area contributed by atoms with Crippen molar-refractivity contribution in [2.24, 2.45) is 7.05 Å². The number of aromatic nitrogens is 1. The van der Waals surface area contributed by atoms with Crippen molar-refractivity contribution >= 4 is 68.2 Å². The molecular formula is C19H13N5O5S2. The van der Waals surface area contributed by atoms with Crippen molar-refractivity contribution in [3.63, 3.8) is 0 Å². The van der Waals surface area contributed by atoms with Gasteiger partial charge in [0.05, 0.1) is 20.8 Å². The maximum absolute atomic E-state index is 12.9. The molecule has 10 nitrogen and oxygen atoms in total. The van der Waals surface area contributed by atoms with Crippen molar-refractivity contribution in [3.8, 4) is 0 Å². The number of non-ortho nitro benzene ring substituents is 1. The van der Waals surface area contributed by atoms with Crippen LogP contribution < -0.4 is 5.43 Å². The van der Waals surface area contributed by atoms with E-state index in [0.717, 1.165) is 45.4 Å². The van der Waals surface area contributed by atoms with Gasteiger partial charge in [-0.05, 0) is 30.4 Å². The van der Waals surface area contributed by atoms with E-state index in [0.29, 0.717) is 4.91 Å². The van der Waals surface area contributed by atoms with Crippen LogP contribution in [0.15, 0.2) is 53.6 Å². The topological polar surface area (TPSA) is 124 Å². The summed E-state index contributed by atoms with van der Waals surface area (Å²) in [5, 5.41) is 24.3. The Labute approximate surface area is 184 Å². The fourth-order valence-electron chi connectivity index (χ4n) is 3.19. The largest absolute Gasteiger partial charge is 0.350 e. The number of thiocarbonyl (C=S) groups is 1. The molecule has 1 aromatic heterocycles. The molecule has 0 radical (unpaired) electrons. The van der Waals surface area contributed by atoms with Gasteiger partial charge >= 0.3 is 5.69 Å². The van der Waals surface area contributed by atoms with Crippen molar-refractivity contribution in [2.45, 2.75) is 0 Å².